The normalized spacial score (nSPS) is 10.7. The molecule has 31 heavy (non-hydrogen) atoms. The lowest BCUT2D eigenvalue weighted by Crippen LogP contribution is -2.39. The Balaban J connectivity index is 2.00. The Labute approximate surface area is 189 Å². The van der Waals surface area contributed by atoms with Crippen LogP contribution in [0.1, 0.15) is 49.2 Å². The smallest absolute Gasteiger partial charge is 0.339 e. The fraction of sp³-hybridized carbons (Fsp3) is 0.400. The molecule has 0 saturated carbocycles. The second kappa shape index (κ2) is 12.2. The van der Waals surface area contributed by atoms with Crippen molar-refractivity contribution in [2.75, 3.05) is 19.7 Å². The standard InChI is InChI=1S/C25H30N2O3S/c1-18(2)14-27(15-19(3)4)24(28)16-30-25(29)22-7-5-6-8-23(22)31-17-21-11-9-20(13-26)10-12-21/h5-12,18-19H,14-17H2,1-4H3. The summed E-state index contributed by atoms with van der Waals surface area (Å²) >= 11 is 1.52. The van der Waals surface area contributed by atoms with Crippen molar-refractivity contribution < 1.29 is 14.3 Å². The van der Waals surface area contributed by atoms with Crippen molar-refractivity contribution >= 4 is 23.6 Å². The van der Waals surface area contributed by atoms with Gasteiger partial charge in [0.25, 0.3) is 5.91 Å². The van der Waals surface area contributed by atoms with E-state index < -0.39 is 5.97 Å². The molecule has 2 aromatic rings. The Morgan fingerprint density at radius 1 is 1.00 bits per heavy atom. The third-order valence-corrected chi connectivity index (χ3v) is 5.58. The van der Waals surface area contributed by atoms with Gasteiger partial charge in [0, 0.05) is 23.7 Å². The minimum atomic E-state index is -0.495. The third-order valence-electron chi connectivity index (χ3n) is 4.43. The van der Waals surface area contributed by atoms with Gasteiger partial charge in [-0.25, -0.2) is 4.79 Å². The van der Waals surface area contributed by atoms with Crippen LogP contribution in [0, 0.1) is 23.2 Å². The van der Waals surface area contributed by atoms with Crippen LogP contribution >= 0.6 is 11.8 Å². The summed E-state index contributed by atoms with van der Waals surface area (Å²) in [4.78, 5) is 27.9. The maximum atomic E-state index is 12.7. The van der Waals surface area contributed by atoms with Crippen molar-refractivity contribution in [3.8, 4) is 6.07 Å². The van der Waals surface area contributed by atoms with Gasteiger partial charge in [-0.3, -0.25) is 4.79 Å². The number of nitrogens with zero attached hydrogens (tertiary/aromatic N) is 2. The molecule has 0 aliphatic carbocycles. The number of esters is 1. The molecule has 2 rings (SSSR count). The Morgan fingerprint density at radius 3 is 2.19 bits per heavy atom. The maximum absolute atomic E-state index is 12.7. The van der Waals surface area contributed by atoms with Crippen LogP contribution in [0.25, 0.3) is 0 Å². The van der Waals surface area contributed by atoms with Gasteiger partial charge in [0.2, 0.25) is 0 Å². The largest absolute Gasteiger partial charge is 0.452 e. The van der Waals surface area contributed by atoms with Gasteiger partial charge in [-0.15, -0.1) is 11.8 Å². The van der Waals surface area contributed by atoms with Gasteiger partial charge < -0.3 is 9.64 Å². The van der Waals surface area contributed by atoms with Gasteiger partial charge in [-0.1, -0.05) is 52.0 Å². The second-order valence-corrected chi connectivity index (χ2v) is 9.27. The number of carbonyl (C=O) groups excluding carboxylic acids is 2. The van der Waals surface area contributed by atoms with E-state index in [2.05, 4.69) is 33.8 Å². The minimum Gasteiger partial charge on any atom is -0.452 e. The van der Waals surface area contributed by atoms with Gasteiger partial charge in [-0.05, 0) is 41.7 Å². The summed E-state index contributed by atoms with van der Waals surface area (Å²) in [7, 11) is 0. The molecule has 1 amide bonds. The lowest BCUT2D eigenvalue weighted by molar-refractivity contribution is -0.135. The summed E-state index contributed by atoms with van der Waals surface area (Å²) in [6.07, 6.45) is 0. The molecular formula is C25H30N2O3S. The number of rotatable bonds is 10. The number of thioether (sulfide) groups is 1. The first-order valence-electron chi connectivity index (χ1n) is 10.5. The van der Waals surface area contributed by atoms with Crippen molar-refractivity contribution in [1.29, 1.82) is 5.26 Å². The van der Waals surface area contributed by atoms with Crippen molar-refractivity contribution in [3.63, 3.8) is 0 Å². The maximum Gasteiger partial charge on any atom is 0.339 e. The molecule has 0 N–H and O–H groups in total. The van der Waals surface area contributed by atoms with Crippen LogP contribution in [0.3, 0.4) is 0 Å². The summed E-state index contributed by atoms with van der Waals surface area (Å²) in [5.74, 6) is 0.685. The predicted molar refractivity (Wildman–Crippen MR) is 124 cm³/mol. The average Bonchev–Trinajstić information content (AvgIpc) is 2.75. The average molecular weight is 439 g/mol. The van der Waals surface area contributed by atoms with Gasteiger partial charge in [-0.2, -0.15) is 5.26 Å². The number of nitriles is 1. The zero-order valence-corrected chi connectivity index (χ0v) is 19.4. The topological polar surface area (TPSA) is 70.4 Å². The van der Waals surface area contributed by atoms with Crippen LogP contribution in [-0.2, 0) is 15.3 Å². The van der Waals surface area contributed by atoms with Crippen molar-refractivity contribution in [2.45, 2.75) is 38.3 Å². The molecular weight excluding hydrogens is 408 g/mol. The van der Waals surface area contributed by atoms with Crippen molar-refractivity contribution in [1.82, 2.24) is 4.90 Å². The Bertz CT molecular complexity index is 907. The summed E-state index contributed by atoms with van der Waals surface area (Å²) in [5.41, 5.74) is 2.12. The predicted octanol–water partition coefficient (Wildman–Crippen LogP) is 5.15. The fourth-order valence-electron chi connectivity index (χ4n) is 3.05. The molecule has 0 spiro atoms. The molecule has 2 aromatic carbocycles. The van der Waals surface area contributed by atoms with Crippen LogP contribution in [0.5, 0.6) is 0 Å². The van der Waals surface area contributed by atoms with E-state index in [1.54, 1.807) is 29.2 Å². The molecule has 0 fully saturated rings. The van der Waals surface area contributed by atoms with Crippen LogP contribution in [0.15, 0.2) is 53.4 Å². The van der Waals surface area contributed by atoms with E-state index in [4.69, 9.17) is 10.00 Å². The third kappa shape index (κ3) is 8.10. The zero-order chi connectivity index (χ0) is 22.8. The lowest BCUT2D eigenvalue weighted by atomic mass is 10.1. The SMILES string of the molecule is CC(C)CN(CC(C)C)C(=O)COC(=O)c1ccccc1SCc1ccc(C#N)cc1. The first-order valence-corrected chi connectivity index (χ1v) is 11.4. The van der Waals surface area contributed by atoms with Gasteiger partial charge >= 0.3 is 5.97 Å². The summed E-state index contributed by atoms with van der Waals surface area (Å²) in [5, 5.41) is 8.91. The minimum absolute atomic E-state index is 0.168. The molecule has 0 aromatic heterocycles. The first kappa shape index (κ1) is 24.5. The highest BCUT2D eigenvalue weighted by molar-refractivity contribution is 7.98. The molecule has 0 atom stereocenters. The fourth-order valence-corrected chi connectivity index (χ4v) is 4.05. The van der Waals surface area contributed by atoms with E-state index in [9.17, 15) is 9.59 Å². The van der Waals surface area contributed by atoms with Gasteiger partial charge in [0.1, 0.15) is 0 Å². The lowest BCUT2D eigenvalue weighted by Gasteiger charge is -2.26. The highest BCUT2D eigenvalue weighted by atomic mass is 32.2. The molecule has 164 valence electrons. The number of amides is 1. The van der Waals surface area contributed by atoms with E-state index in [1.807, 2.05) is 24.3 Å². The van der Waals surface area contributed by atoms with Gasteiger partial charge in [0.15, 0.2) is 6.61 Å². The molecule has 0 unspecified atom stereocenters. The first-order chi connectivity index (χ1) is 14.8. The van der Waals surface area contributed by atoms with E-state index in [0.29, 0.717) is 41.8 Å². The number of carbonyl (C=O) groups is 2. The zero-order valence-electron chi connectivity index (χ0n) is 18.6. The highest BCUT2D eigenvalue weighted by Gasteiger charge is 2.20. The van der Waals surface area contributed by atoms with E-state index in [1.165, 1.54) is 11.8 Å². The molecule has 5 nitrogen and oxygen atoms in total. The molecule has 0 bridgehead atoms. The Kier molecular flexibility index (Phi) is 9.61. The molecule has 0 saturated heterocycles. The number of benzene rings is 2. The number of ether oxygens (including phenoxy) is 1. The number of hydrogen-bond donors (Lipinski definition) is 0. The molecule has 6 heteroatoms. The highest BCUT2D eigenvalue weighted by Crippen LogP contribution is 2.27. The molecule has 0 aliphatic heterocycles. The van der Waals surface area contributed by atoms with Crippen LogP contribution < -0.4 is 0 Å². The summed E-state index contributed by atoms with van der Waals surface area (Å²) < 4.78 is 5.38. The molecule has 0 radical (unpaired) electrons. The Hall–Kier alpha value is -2.78. The Morgan fingerprint density at radius 2 is 1.61 bits per heavy atom. The van der Waals surface area contributed by atoms with E-state index >= 15 is 0 Å². The monoisotopic (exact) mass is 438 g/mol. The van der Waals surface area contributed by atoms with Crippen LogP contribution in [-0.4, -0.2) is 36.5 Å². The molecule has 0 aliphatic rings. The van der Waals surface area contributed by atoms with Gasteiger partial charge in [0.05, 0.1) is 17.2 Å². The van der Waals surface area contributed by atoms with Crippen LogP contribution in [0.4, 0.5) is 0 Å². The summed E-state index contributed by atoms with van der Waals surface area (Å²) in [6.45, 7) is 9.29. The second-order valence-electron chi connectivity index (χ2n) is 8.26. The molecule has 0 heterocycles. The summed E-state index contributed by atoms with van der Waals surface area (Å²) in [6, 6.07) is 16.7. The van der Waals surface area contributed by atoms with Crippen LogP contribution in [0.2, 0.25) is 0 Å². The van der Waals surface area contributed by atoms with Crippen molar-refractivity contribution in [3.05, 3.63) is 65.2 Å². The van der Waals surface area contributed by atoms with E-state index in [0.717, 1.165) is 10.5 Å². The quantitative estimate of drug-likeness (QED) is 0.379. The van der Waals surface area contributed by atoms with E-state index in [-0.39, 0.29) is 12.5 Å². The van der Waals surface area contributed by atoms with Crippen molar-refractivity contribution in [2.24, 2.45) is 11.8 Å². The number of hydrogen-bond acceptors (Lipinski definition) is 5.